The predicted octanol–water partition coefficient (Wildman–Crippen LogP) is 5.30. The van der Waals surface area contributed by atoms with Crippen molar-refractivity contribution in [3.63, 3.8) is 0 Å². The quantitative estimate of drug-likeness (QED) is 0.399. The van der Waals surface area contributed by atoms with Gasteiger partial charge in [-0.3, -0.25) is 4.90 Å². The molecule has 1 N–H and O–H groups in total. The van der Waals surface area contributed by atoms with Crippen LogP contribution in [-0.4, -0.2) is 55.2 Å². The summed E-state index contributed by atoms with van der Waals surface area (Å²) >= 11 is 12.4. The first kappa shape index (κ1) is 26.0. The Morgan fingerprint density at radius 2 is 1.91 bits per heavy atom. The van der Waals surface area contributed by atoms with Crippen molar-refractivity contribution < 1.29 is 22.7 Å². The van der Waals surface area contributed by atoms with E-state index in [1.807, 2.05) is 49.1 Å². The zero-order valence-corrected chi connectivity index (χ0v) is 22.0. The van der Waals surface area contributed by atoms with Gasteiger partial charge in [-0.15, -0.1) is 0 Å². The molecule has 2 aromatic carbocycles. The summed E-state index contributed by atoms with van der Waals surface area (Å²) in [5.74, 6) is 2.11. The van der Waals surface area contributed by atoms with Crippen molar-refractivity contribution in [3.05, 3.63) is 75.5 Å². The van der Waals surface area contributed by atoms with Gasteiger partial charge < -0.3 is 14.3 Å². The van der Waals surface area contributed by atoms with Crippen molar-refractivity contribution in [1.29, 1.82) is 0 Å². The van der Waals surface area contributed by atoms with Gasteiger partial charge in [0.1, 0.15) is 30.0 Å². The van der Waals surface area contributed by atoms with Crippen LogP contribution in [0.25, 0.3) is 11.3 Å². The molecule has 1 fully saturated rings. The minimum atomic E-state index is -3.10. The Labute approximate surface area is 216 Å². The fourth-order valence-electron chi connectivity index (χ4n) is 4.22. The predicted molar refractivity (Wildman–Crippen MR) is 139 cm³/mol. The average molecular weight is 538 g/mol. The number of ether oxygens (including phenoxy) is 1. The van der Waals surface area contributed by atoms with E-state index in [2.05, 4.69) is 0 Å². The molecule has 2 heterocycles. The van der Waals surface area contributed by atoms with E-state index in [1.165, 1.54) is 5.56 Å². The van der Waals surface area contributed by atoms with Crippen LogP contribution in [0.5, 0.6) is 5.75 Å². The molecule has 1 aliphatic heterocycles. The molecule has 0 spiro atoms. The maximum absolute atomic E-state index is 12.1. The summed E-state index contributed by atoms with van der Waals surface area (Å²) in [4.78, 5) is 1.96. The number of hydrogen-bond acceptors (Lipinski definition) is 6. The van der Waals surface area contributed by atoms with E-state index in [0.29, 0.717) is 45.8 Å². The van der Waals surface area contributed by atoms with Crippen LogP contribution >= 0.6 is 23.2 Å². The number of aliphatic hydroxyl groups is 1. The van der Waals surface area contributed by atoms with Crippen LogP contribution in [-0.2, 0) is 16.4 Å². The van der Waals surface area contributed by atoms with Crippen molar-refractivity contribution in [2.45, 2.75) is 39.0 Å². The lowest BCUT2D eigenvalue weighted by Gasteiger charge is -2.29. The van der Waals surface area contributed by atoms with Gasteiger partial charge in [0.2, 0.25) is 0 Å². The van der Waals surface area contributed by atoms with E-state index in [4.69, 9.17) is 32.4 Å². The molecule has 4 rings (SSSR count). The van der Waals surface area contributed by atoms with Gasteiger partial charge in [-0.05, 0) is 73.9 Å². The minimum Gasteiger partial charge on any atom is -0.491 e. The molecule has 6 nitrogen and oxygen atoms in total. The number of rotatable bonds is 9. The molecule has 2 atom stereocenters. The Bertz CT molecular complexity index is 1290. The highest BCUT2D eigenvalue weighted by Gasteiger charge is 2.33. The van der Waals surface area contributed by atoms with Gasteiger partial charge in [-0.2, -0.15) is 0 Å². The first-order chi connectivity index (χ1) is 16.6. The molecular weight excluding hydrogens is 509 g/mol. The fourth-order valence-corrected chi connectivity index (χ4v) is 6.36. The molecule has 0 aliphatic carbocycles. The van der Waals surface area contributed by atoms with Crippen molar-refractivity contribution >= 4 is 33.0 Å². The first-order valence-corrected chi connectivity index (χ1v) is 14.0. The second-order valence-corrected chi connectivity index (χ2v) is 12.2. The normalized spacial score (nSPS) is 18.2. The van der Waals surface area contributed by atoms with Gasteiger partial charge in [0.05, 0.1) is 23.1 Å². The maximum Gasteiger partial charge on any atom is 0.151 e. The highest BCUT2D eigenvalue weighted by atomic mass is 35.5. The van der Waals surface area contributed by atoms with Gasteiger partial charge in [0.25, 0.3) is 0 Å². The Morgan fingerprint density at radius 1 is 1.11 bits per heavy atom. The van der Waals surface area contributed by atoms with Gasteiger partial charge in [0.15, 0.2) is 9.84 Å². The molecule has 1 aliphatic rings. The molecule has 3 aromatic rings. The highest BCUT2D eigenvalue weighted by Crippen LogP contribution is 2.32. The van der Waals surface area contributed by atoms with E-state index in [0.717, 1.165) is 5.56 Å². The van der Waals surface area contributed by atoms with Crippen LogP contribution in [0.3, 0.4) is 0 Å². The van der Waals surface area contributed by atoms with Gasteiger partial charge in [-0.1, -0.05) is 29.3 Å². The summed E-state index contributed by atoms with van der Waals surface area (Å²) in [7, 11) is -3.10. The molecule has 0 amide bonds. The SMILES string of the molecule is Cc1ccc(OCC(O)CN(Cc2ccc(-c3cc(Cl)ccc3Cl)o2)C2CCS(=O)(=O)C2)cc1C. The van der Waals surface area contributed by atoms with Gasteiger partial charge in [0, 0.05) is 23.2 Å². The second kappa shape index (κ2) is 10.9. The topological polar surface area (TPSA) is 80.0 Å². The van der Waals surface area contributed by atoms with Crippen LogP contribution in [0.4, 0.5) is 0 Å². The molecule has 1 aromatic heterocycles. The molecule has 0 bridgehead atoms. The van der Waals surface area contributed by atoms with Crippen LogP contribution in [0.2, 0.25) is 10.0 Å². The minimum absolute atomic E-state index is 0.0609. The van der Waals surface area contributed by atoms with Gasteiger partial charge in [-0.25, -0.2) is 8.42 Å². The summed E-state index contributed by atoms with van der Waals surface area (Å²) in [5.41, 5.74) is 2.97. The molecule has 1 saturated heterocycles. The number of halogens is 2. The Hall–Kier alpha value is -2.03. The van der Waals surface area contributed by atoms with E-state index >= 15 is 0 Å². The summed E-state index contributed by atoms with van der Waals surface area (Å²) in [5, 5.41) is 11.8. The highest BCUT2D eigenvalue weighted by molar-refractivity contribution is 7.91. The smallest absolute Gasteiger partial charge is 0.151 e. The Kier molecular flexibility index (Phi) is 8.13. The number of aliphatic hydroxyl groups excluding tert-OH is 1. The third kappa shape index (κ3) is 6.80. The lowest BCUT2D eigenvalue weighted by Crippen LogP contribution is -2.42. The second-order valence-electron chi connectivity index (χ2n) is 9.09. The number of nitrogens with zero attached hydrogens (tertiary/aromatic N) is 1. The molecule has 0 radical (unpaired) electrons. The largest absolute Gasteiger partial charge is 0.491 e. The average Bonchev–Trinajstić information content (AvgIpc) is 3.41. The van der Waals surface area contributed by atoms with Crippen LogP contribution in [0.1, 0.15) is 23.3 Å². The van der Waals surface area contributed by atoms with Crippen LogP contribution in [0.15, 0.2) is 52.9 Å². The molecular formula is C26H29Cl2NO5S. The van der Waals surface area contributed by atoms with Crippen molar-refractivity contribution in [2.75, 3.05) is 24.7 Å². The van der Waals surface area contributed by atoms with Crippen molar-refractivity contribution in [1.82, 2.24) is 4.90 Å². The van der Waals surface area contributed by atoms with Crippen LogP contribution in [0, 0.1) is 13.8 Å². The number of benzene rings is 2. The summed E-state index contributed by atoms with van der Waals surface area (Å²) in [6.07, 6.45) is -0.294. The molecule has 188 valence electrons. The zero-order chi connectivity index (χ0) is 25.2. The van der Waals surface area contributed by atoms with Gasteiger partial charge >= 0.3 is 0 Å². The zero-order valence-electron chi connectivity index (χ0n) is 19.7. The third-order valence-corrected chi connectivity index (χ3v) is 8.62. The summed E-state index contributed by atoms with van der Waals surface area (Å²) < 4.78 is 36.1. The Morgan fingerprint density at radius 3 is 2.63 bits per heavy atom. The summed E-state index contributed by atoms with van der Waals surface area (Å²) in [6.45, 7) is 4.73. The first-order valence-electron chi connectivity index (χ1n) is 11.5. The number of sulfone groups is 1. The standard InChI is InChI=1S/C26H29Cl2NO5S/c1-17-3-5-22(11-18(17)2)33-15-21(30)13-29(20-9-10-35(31,32)16-20)14-23-6-8-26(34-23)24-12-19(27)4-7-25(24)28/h3-8,11-12,20-21,30H,9-10,13-16H2,1-2H3. The maximum atomic E-state index is 12.1. The fraction of sp³-hybridized carbons (Fsp3) is 0.385. The number of furan rings is 1. The molecule has 9 heteroatoms. The third-order valence-electron chi connectivity index (χ3n) is 6.31. The van der Waals surface area contributed by atoms with Crippen LogP contribution < -0.4 is 4.74 Å². The lowest BCUT2D eigenvalue weighted by molar-refractivity contribution is 0.0498. The van der Waals surface area contributed by atoms with E-state index < -0.39 is 15.9 Å². The monoisotopic (exact) mass is 537 g/mol. The Balaban J connectivity index is 1.46. The number of hydrogen-bond donors (Lipinski definition) is 1. The number of aryl methyl sites for hydroxylation is 2. The lowest BCUT2D eigenvalue weighted by atomic mass is 10.1. The summed E-state index contributed by atoms with van der Waals surface area (Å²) in [6, 6.07) is 14.4. The molecule has 35 heavy (non-hydrogen) atoms. The van der Waals surface area contributed by atoms with E-state index in [-0.39, 0.29) is 30.7 Å². The molecule has 0 saturated carbocycles. The van der Waals surface area contributed by atoms with E-state index in [9.17, 15) is 13.5 Å². The van der Waals surface area contributed by atoms with E-state index in [1.54, 1.807) is 18.2 Å². The van der Waals surface area contributed by atoms with Crippen molar-refractivity contribution in [3.8, 4) is 17.1 Å². The van der Waals surface area contributed by atoms with Crippen molar-refractivity contribution in [2.24, 2.45) is 0 Å². The molecule has 2 unspecified atom stereocenters.